The number of halogens is 1. The van der Waals surface area contributed by atoms with E-state index in [2.05, 4.69) is 26.7 Å². The van der Waals surface area contributed by atoms with E-state index in [1.807, 2.05) is 6.08 Å². The number of ether oxygens (including phenoxy) is 1. The Kier molecular flexibility index (Phi) is 4.71. The fourth-order valence-corrected chi connectivity index (χ4v) is 1.50. The van der Waals surface area contributed by atoms with Gasteiger partial charge in [-0.25, -0.2) is 0 Å². The molecule has 1 heterocycles. The lowest BCUT2D eigenvalue weighted by atomic mass is 10.1. The maximum Gasteiger partial charge on any atom is 0.299 e. The molecule has 1 aliphatic rings. The average molecular weight is 258 g/mol. The first-order valence-corrected chi connectivity index (χ1v) is 5.14. The highest BCUT2D eigenvalue weighted by molar-refractivity contribution is 9.12. The maximum absolute atomic E-state index is 11.3. The van der Waals surface area contributed by atoms with E-state index in [0.29, 0.717) is 13.2 Å². The zero-order valence-electron chi connectivity index (χ0n) is 8.05. The van der Waals surface area contributed by atoms with Crippen molar-refractivity contribution in [2.24, 2.45) is 0 Å². The average Bonchev–Trinajstić information content (AvgIpc) is 2.20. The fraction of sp³-hybridized carbons (Fsp3) is 0.500. The Morgan fingerprint density at radius 1 is 1.79 bits per heavy atom. The lowest BCUT2D eigenvalue weighted by molar-refractivity contribution is -0.124. The van der Waals surface area contributed by atoms with Gasteiger partial charge in [0.2, 0.25) is 0 Å². The van der Waals surface area contributed by atoms with Crippen LogP contribution in [0.4, 0.5) is 0 Å². The van der Waals surface area contributed by atoms with Crippen LogP contribution in [-0.4, -0.2) is 37.6 Å². The molecule has 0 aromatic rings. The molecule has 0 spiro atoms. The first-order valence-electron chi connectivity index (χ1n) is 4.35. The summed E-state index contributed by atoms with van der Waals surface area (Å²) >= 11 is 2.91. The van der Waals surface area contributed by atoms with Gasteiger partial charge in [0.05, 0.1) is 6.61 Å². The third kappa shape index (κ3) is 3.17. The van der Waals surface area contributed by atoms with Crippen molar-refractivity contribution in [3.05, 3.63) is 11.6 Å². The van der Waals surface area contributed by atoms with Gasteiger partial charge < -0.3 is 9.64 Å². The monoisotopic (exact) mass is 257 g/mol. The zero-order chi connectivity index (χ0) is 10.4. The highest BCUT2D eigenvalue weighted by atomic mass is 79.9. The number of amides is 1. The number of methoxy groups -OCH3 is 1. The maximum atomic E-state index is 11.3. The molecule has 4 heteroatoms. The Morgan fingerprint density at radius 3 is 3.07 bits per heavy atom. The zero-order valence-corrected chi connectivity index (χ0v) is 9.63. The van der Waals surface area contributed by atoms with Crippen LogP contribution in [0.2, 0.25) is 0 Å². The van der Waals surface area contributed by atoms with Crippen LogP contribution >= 0.6 is 15.9 Å². The molecule has 0 saturated heterocycles. The molecule has 0 radical (unpaired) electrons. The number of carbonyl (C=O) groups is 1. The molecular formula is C10H12BrNO2. The van der Waals surface area contributed by atoms with E-state index in [9.17, 15) is 4.79 Å². The highest BCUT2D eigenvalue weighted by Gasteiger charge is 2.14. The van der Waals surface area contributed by atoms with Crippen molar-refractivity contribution >= 4 is 21.8 Å². The van der Waals surface area contributed by atoms with Gasteiger partial charge in [-0.1, -0.05) is 6.08 Å². The quantitative estimate of drug-likeness (QED) is 0.549. The first kappa shape index (κ1) is 11.3. The van der Waals surface area contributed by atoms with Crippen molar-refractivity contribution in [1.29, 1.82) is 0 Å². The normalized spacial score (nSPS) is 15.6. The predicted octanol–water partition coefficient (Wildman–Crippen LogP) is 1.15. The van der Waals surface area contributed by atoms with Crippen molar-refractivity contribution < 1.29 is 9.53 Å². The van der Waals surface area contributed by atoms with E-state index >= 15 is 0 Å². The molecule has 0 aliphatic carbocycles. The largest absolute Gasteiger partial charge is 0.380 e. The van der Waals surface area contributed by atoms with Crippen LogP contribution in [0.25, 0.3) is 0 Å². The lowest BCUT2D eigenvalue weighted by Crippen LogP contribution is -2.34. The third-order valence-corrected chi connectivity index (χ3v) is 2.27. The Hall–Kier alpha value is -0.790. The number of nitrogens with zero attached hydrogens (tertiary/aromatic N) is 1. The van der Waals surface area contributed by atoms with Crippen LogP contribution in [0, 0.1) is 10.8 Å². The second kappa shape index (κ2) is 5.84. The van der Waals surface area contributed by atoms with Crippen LogP contribution in [0.15, 0.2) is 11.6 Å². The number of hydrogen-bond donors (Lipinski definition) is 0. The van der Waals surface area contributed by atoms with Crippen molar-refractivity contribution in [1.82, 2.24) is 4.90 Å². The number of hydrogen-bond acceptors (Lipinski definition) is 2. The molecule has 0 fully saturated rings. The summed E-state index contributed by atoms with van der Waals surface area (Å²) in [7, 11) is 1.68. The molecule has 0 bridgehead atoms. The van der Waals surface area contributed by atoms with Gasteiger partial charge in [0, 0.05) is 42.0 Å². The number of rotatable bonds is 2. The standard InChI is InChI=1S/C10H12BrNO2/c1-14-8-9-3-6-12(7-4-9)10(13)2-5-11/h3H,4,6-8H2,1H3. The second-order valence-electron chi connectivity index (χ2n) is 3.02. The van der Waals surface area contributed by atoms with E-state index < -0.39 is 0 Å². The van der Waals surface area contributed by atoms with Gasteiger partial charge in [-0.2, -0.15) is 0 Å². The summed E-state index contributed by atoms with van der Waals surface area (Å²) in [5.74, 6) is 2.33. The van der Waals surface area contributed by atoms with Crippen LogP contribution in [0.1, 0.15) is 6.42 Å². The summed E-state index contributed by atoms with van der Waals surface area (Å²) in [4.78, 5) is 15.5. The molecule has 14 heavy (non-hydrogen) atoms. The molecule has 1 amide bonds. The minimum absolute atomic E-state index is 0.130. The van der Waals surface area contributed by atoms with Crippen LogP contribution in [-0.2, 0) is 9.53 Å². The van der Waals surface area contributed by atoms with E-state index in [1.165, 1.54) is 5.57 Å². The van der Waals surface area contributed by atoms with E-state index in [0.717, 1.165) is 13.0 Å². The van der Waals surface area contributed by atoms with Gasteiger partial charge in [-0.3, -0.25) is 4.79 Å². The summed E-state index contributed by atoms with van der Waals surface area (Å²) in [6.45, 7) is 2.03. The molecule has 76 valence electrons. The molecule has 1 aliphatic heterocycles. The summed E-state index contributed by atoms with van der Waals surface area (Å²) < 4.78 is 5.02. The summed E-state index contributed by atoms with van der Waals surface area (Å²) in [6.07, 6.45) is 2.91. The Bertz CT molecular complexity index is 301. The Morgan fingerprint density at radius 2 is 2.57 bits per heavy atom. The molecule has 0 aromatic heterocycles. The smallest absolute Gasteiger partial charge is 0.299 e. The second-order valence-corrected chi connectivity index (χ2v) is 3.41. The summed E-state index contributed by atoms with van der Waals surface area (Å²) in [5.41, 5.74) is 1.25. The highest BCUT2D eigenvalue weighted by Crippen LogP contribution is 2.10. The van der Waals surface area contributed by atoms with Crippen molar-refractivity contribution in [2.45, 2.75) is 6.42 Å². The van der Waals surface area contributed by atoms with Crippen molar-refractivity contribution in [3.63, 3.8) is 0 Å². The summed E-state index contributed by atoms with van der Waals surface area (Å²) in [6, 6.07) is 0. The minimum atomic E-state index is -0.130. The lowest BCUT2D eigenvalue weighted by Gasteiger charge is -2.24. The van der Waals surface area contributed by atoms with Gasteiger partial charge in [-0.05, 0) is 16.8 Å². The van der Waals surface area contributed by atoms with Gasteiger partial charge in [-0.15, -0.1) is 0 Å². The minimum Gasteiger partial charge on any atom is -0.380 e. The van der Waals surface area contributed by atoms with Gasteiger partial charge in [0.25, 0.3) is 5.91 Å². The van der Waals surface area contributed by atoms with Gasteiger partial charge in [0.15, 0.2) is 0 Å². The van der Waals surface area contributed by atoms with E-state index in [4.69, 9.17) is 4.74 Å². The first-order chi connectivity index (χ1) is 6.77. The van der Waals surface area contributed by atoms with Gasteiger partial charge >= 0.3 is 0 Å². The van der Waals surface area contributed by atoms with Crippen molar-refractivity contribution in [2.75, 3.05) is 26.8 Å². The molecule has 0 aromatic carbocycles. The molecule has 1 rings (SSSR count). The molecule has 0 saturated carbocycles. The Labute approximate surface area is 92.2 Å². The van der Waals surface area contributed by atoms with Crippen LogP contribution in [0.3, 0.4) is 0 Å². The molecular weight excluding hydrogens is 246 g/mol. The van der Waals surface area contributed by atoms with Gasteiger partial charge in [0.1, 0.15) is 0 Å². The molecule has 0 unspecified atom stereocenters. The molecule has 0 N–H and O–H groups in total. The topological polar surface area (TPSA) is 29.5 Å². The predicted molar refractivity (Wildman–Crippen MR) is 57.9 cm³/mol. The van der Waals surface area contributed by atoms with Crippen LogP contribution < -0.4 is 0 Å². The molecule has 3 nitrogen and oxygen atoms in total. The summed E-state index contributed by atoms with van der Waals surface area (Å²) in [5, 5.41) is 0. The molecule has 0 atom stereocenters. The Balaban J connectivity index is 2.48. The van der Waals surface area contributed by atoms with Crippen molar-refractivity contribution in [3.8, 4) is 10.8 Å². The van der Waals surface area contributed by atoms with E-state index in [-0.39, 0.29) is 5.91 Å². The number of carbonyl (C=O) groups excluding carboxylic acids is 1. The van der Waals surface area contributed by atoms with E-state index in [1.54, 1.807) is 12.0 Å². The van der Waals surface area contributed by atoms with Crippen LogP contribution in [0.5, 0.6) is 0 Å². The fourth-order valence-electron chi connectivity index (χ4n) is 1.33. The third-order valence-electron chi connectivity index (χ3n) is 2.07. The SMILES string of the molecule is COCC1=CCN(C(=O)C#CBr)CC1.